The van der Waals surface area contributed by atoms with Crippen LogP contribution in [0.15, 0.2) is 0 Å². The van der Waals surface area contributed by atoms with Crippen molar-refractivity contribution in [3.8, 4) is 0 Å². The fourth-order valence-electron chi connectivity index (χ4n) is 1.02. The van der Waals surface area contributed by atoms with E-state index in [4.69, 9.17) is 4.74 Å². The van der Waals surface area contributed by atoms with Crippen LogP contribution in [0.2, 0.25) is 0 Å². The van der Waals surface area contributed by atoms with Gasteiger partial charge in [0.05, 0.1) is 0 Å². The van der Waals surface area contributed by atoms with Crippen LogP contribution in [0.3, 0.4) is 0 Å². The van der Waals surface area contributed by atoms with Gasteiger partial charge in [-0.1, -0.05) is 20.3 Å². The van der Waals surface area contributed by atoms with Gasteiger partial charge in [0.25, 0.3) is 0 Å². The van der Waals surface area contributed by atoms with Crippen LogP contribution in [0.1, 0.15) is 40.0 Å². The minimum absolute atomic E-state index is 0.221. The van der Waals surface area contributed by atoms with E-state index in [9.17, 15) is 4.79 Å². The summed E-state index contributed by atoms with van der Waals surface area (Å²) < 4.78 is 4.92. The Morgan fingerprint density at radius 1 is 1.33 bits per heavy atom. The molecule has 0 N–H and O–H groups in total. The number of methoxy groups -OCH3 is 1. The first-order chi connectivity index (χ1) is 5.57. The summed E-state index contributed by atoms with van der Waals surface area (Å²) in [5, 5.41) is 0. The summed E-state index contributed by atoms with van der Waals surface area (Å²) in [5.41, 5.74) is 0. The topological polar surface area (TPSA) is 26.3 Å². The van der Waals surface area contributed by atoms with Gasteiger partial charge in [-0.25, -0.2) is 0 Å². The maximum absolute atomic E-state index is 11.2. The number of ketones is 1. The lowest BCUT2D eigenvalue weighted by Gasteiger charge is -2.08. The van der Waals surface area contributed by atoms with Gasteiger partial charge in [-0.05, 0) is 19.3 Å². The number of ether oxygens (including phenoxy) is 1. The standard InChI is InChI=1S/C10H20O2/c1-8(2)6-5-7-10(11)9(3)12-4/h8-9H,5-7H2,1-4H3. The van der Waals surface area contributed by atoms with E-state index in [1.54, 1.807) is 14.0 Å². The number of carbonyl (C=O) groups excluding carboxylic acids is 1. The largest absolute Gasteiger partial charge is 0.374 e. The van der Waals surface area contributed by atoms with Crippen molar-refractivity contribution in [2.45, 2.75) is 46.1 Å². The number of rotatable bonds is 6. The Morgan fingerprint density at radius 3 is 2.33 bits per heavy atom. The van der Waals surface area contributed by atoms with Crippen molar-refractivity contribution in [1.29, 1.82) is 0 Å². The molecule has 1 atom stereocenters. The second-order valence-corrected chi connectivity index (χ2v) is 3.63. The molecule has 0 rings (SSSR count). The molecule has 0 aromatic rings. The molecule has 0 radical (unpaired) electrons. The highest BCUT2D eigenvalue weighted by atomic mass is 16.5. The molecular weight excluding hydrogens is 152 g/mol. The third kappa shape index (κ3) is 5.30. The van der Waals surface area contributed by atoms with Gasteiger partial charge in [-0.15, -0.1) is 0 Å². The Kier molecular flexibility index (Phi) is 5.99. The van der Waals surface area contributed by atoms with Crippen LogP contribution in [0.5, 0.6) is 0 Å². The molecule has 0 spiro atoms. The summed E-state index contributed by atoms with van der Waals surface area (Å²) in [6.07, 6.45) is 2.55. The predicted octanol–water partition coefficient (Wildman–Crippen LogP) is 2.42. The average molecular weight is 172 g/mol. The zero-order chi connectivity index (χ0) is 9.56. The van der Waals surface area contributed by atoms with Gasteiger partial charge in [0.1, 0.15) is 6.10 Å². The summed E-state index contributed by atoms with van der Waals surface area (Å²) in [5.74, 6) is 0.911. The third-order valence-corrected chi connectivity index (χ3v) is 2.01. The van der Waals surface area contributed by atoms with Crippen molar-refractivity contribution in [1.82, 2.24) is 0 Å². The zero-order valence-corrected chi connectivity index (χ0v) is 8.59. The molecule has 72 valence electrons. The summed E-state index contributed by atoms with van der Waals surface area (Å²) in [4.78, 5) is 11.2. The molecule has 2 nitrogen and oxygen atoms in total. The minimum Gasteiger partial charge on any atom is -0.374 e. The fourth-order valence-corrected chi connectivity index (χ4v) is 1.02. The summed E-state index contributed by atoms with van der Waals surface area (Å²) in [6.45, 7) is 6.14. The Balaban J connectivity index is 3.44. The molecule has 0 aliphatic rings. The molecule has 0 saturated heterocycles. The monoisotopic (exact) mass is 172 g/mol. The lowest BCUT2D eigenvalue weighted by Crippen LogP contribution is -2.18. The van der Waals surface area contributed by atoms with Crippen LogP contribution < -0.4 is 0 Å². The van der Waals surface area contributed by atoms with E-state index < -0.39 is 0 Å². The number of hydrogen-bond donors (Lipinski definition) is 0. The molecule has 0 aliphatic heterocycles. The van der Waals surface area contributed by atoms with Crippen LogP contribution in [-0.2, 0) is 9.53 Å². The Labute approximate surface area is 75.3 Å². The summed E-state index contributed by atoms with van der Waals surface area (Å²) >= 11 is 0. The minimum atomic E-state index is -0.225. The average Bonchev–Trinajstić information content (AvgIpc) is 2.02. The Morgan fingerprint density at radius 2 is 1.92 bits per heavy atom. The molecule has 0 bridgehead atoms. The molecule has 0 amide bonds. The van der Waals surface area contributed by atoms with Gasteiger partial charge in [0.15, 0.2) is 5.78 Å². The van der Waals surface area contributed by atoms with E-state index in [-0.39, 0.29) is 11.9 Å². The van der Waals surface area contributed by atoms with Crippen LogP contribution in [-0.4, -0.2) is 19.0 Å². The third-order valence-electron chi connectivity index (χ3n) is 2.01. The fraction of sp³-hybridized carbons (Fsp3) is 0.900. The van der Waals surface area contributed by atoms with E-state index in [1.807, 2.05) is 0 Å². The lowest BCUT2D eigenvalue weighted by molar-refractivity contribution is -0.127. The van der Waals surface area contributed by atoms with Crippen molar-refractivity contribution in [2.75, 3.05) is 7.11 Å². The molecule has 12 heavy (non-hydrogen) atoms. The highest BCUT2D eigenvalue weighted by Crippen LogP contribution is 2.08. The van der Waals surface area contributed by atoms with E-state index in [2.05, 4.69) is 13.8 Å². The SMILES string of the molecule is COC(C)C(=O)CCCC(C)C. The van der Waals surface area contributed by atoms with Gasteiger partial charge in [-0.3, -0.25) is 4.79 Å². The van der Waals surface area contributed by atoms with Gasteiger partial charge < -0.3 is 4.74 Å². The van der Waals surface area contributed by atoms with Gasteiger partial charge in [0.2, 0.25) is 0 Å². The van der Waals surface area contributed by atoms with E-state index in [0.29, 0.717) is 12.3 Å². The normalized spacial score (nSPS) is 13.4. The van der Waals surface area contributed by atoms with Crippen LogP contribution >= 0.6 is 0 Å². The van der Waals surface area contributed by atoms with E-state index in [1.165, 1.54) is 0 Å². The number of hydrogen-bond acceptors (Lipinski definition) is 2. The second kappa shape index (κ2) is 6.18. The second-order valence-electron chi connectivity index (χ2n) is 3.63. The molecule has 0 heterocycles. The van der Waals surface area contributed by atoms with Crippen LogP contribution in [0, 0.1) is 5.92 Å². The first-order valence-electron chi connectivity index (χ1n) is 4.63. The quantitative estimate of drug-likeness (QED) is 0.615. The van der Waals surface area contributed by atoms with Crippen molar-refractivity contribution >= 4 is 5.78 Å². The van der Waals surface area contributed by atoms with Crippen molar-refractivity contribution in [3.05, 3.63) is 0 Å². The van der Waals surface area contributed by atoms with Gasteiger partial charge in [-0.2, -0.15) is 0 Å². The van der Waals surface area contributed by atoms with Crippen molar-refractivity contribution in [3.63, 3.8) is 0 Å². The maximum atomic E-state index is 11.2. The van der Waals surface area contributed by atoms with Crippen molar-refractivity contribution < 1.29 is 9.53 Å². The smallest absolute Gasteiger partial charge is 0.161 e. The maximum Gasteiger partial charge on any atom is 0.161 e. The van der Waals surface area contributed by atoms with Crippen LogP contribution in [0.25, 0.3) is 0 Å². The molecule has 0 saturated carbocycles. The Hall–Kier alpha value is -0.370. The lowest BCUT2D eigenvalue weighted by atomic mass is 10.0. The molecule has 0 aromatic carbocycles. The predicted molar refractivity (Wildman–Crippen MR) is 50.2 cm³/mol. The molecular formula is C10H20O2. The first kappa shape index (κ1) is 11.6. The van der Waals surface area contributed by atoms with Gasteiger partial charge >= 0.3 is 0 Å². The first-order valence-corrected chi connectivity index (χ1v) is 4.63. The number of Topliss-reactive ketones (excluding diaryl/α,β-unsaturated/α-hetero) is 1. The van der Waals surface area contributed by atoms with Crippen LogP contribution in [0.4, 0.5) is 0 Å². The summed E-state index contributed by atoms with van der Waals surface area (Å²) in [6, 6.07) is 0. The highest BCUT2D eigenvalue weighted by Gasteiger charge is 2.10. The van der Waals surface area contributed by atoms with Crippen molar-refractivity contribution in [2.24, 2.45) is 5.92 Å². The highest BCUT2D eigenvalue weighted by molar-refractivity contribution is 5.82. The Bertz CT molecular complexity index is 130. The molecule has 0 fully saturated rings. The van der Waals surface area contributed by atoms with E-state index in [0.717, 1.165) is 12.8 Å². The molecule has 2 heteroatoms. The zero-order valence-electron chi connectivity index (χ0n) is 8.59. The molecule has 0 aliphatic carbocycles. The van der Waals surface area contributed by atoms with E-state index >= 15 is 0 Å². The molecule has 0 aromatic heterocycles. The van der Waals surface area contributed by atoms with Gasteiger partial charge in [0, 0.05) is 13.5 Å². The molecule has 1 unspecified atom stereocenters. The number of carbonyl (C=O) groups is 1. The summed E-state index contributed by atoms with van der Waals surface area (Å²) in [7, 11) is 1.57.